The van der Waals surface area contributed by atoms with Crippen molar-refractivity contribution in [2.45, 2.75) is 62.2 Å². The van der Waals surface area contributed by atoms with Crippen molar-refractivity contribution in [2.24, 2.45) is 0 Å². The monoisotopic (exact) mass is 881 g/mol. The Morgan fingerprint density at radius 1 is 0.394 bits per heavy atom. The Morgan fingerprint density at radius 3 is 1.62 bits per heavy atom. The van der Waals surface area contributed by atoms with Crippen molar-refractivity contribution in [1.29, 1.82) is 0 Å². The van der Waals surface area contributed by atoms with Gasteiger partial charge in [0.15, 0.2) is 8.07 Å². The fourth-order valence-corrected chi connectivity index (χ4v) is 17.6. The molecule has 0 spiro atoms. The highest BCUT2D eigenvalue weighted by Crippen LogP contribution is 2.48. The molecule has 3 aliphatic heterocycles. The van der Waals surface area contributed by atoms with Crippen LogP contribution in [-0.2, 0) is 10.8 Å². The summed E-state index contributed by atoms with van der Waals surface area (Å²) >= 11 is 1.94. The number of rotatable bonds is 5. The number of fused-ring (bicyclic) bond motifs is 7. The molecule has 318 valence electrons. The molecule has 0 bridgehead atoms. The maximum absolute atomic E-state index is 2.85. The van der Waals surface area contributed by atoms with Gasteiger partial charge in [-0.1, -0.05) is 229 Å². The Balaban J connectivity index is 1.25. The molecule has 0 atom stereocenters. The van der Waals surface area contributed by atoms with Crippen LogP contribution in [0.1, 0.15) is 52.7 Å². The first-order valence-corrected chi connectivity index (χ1v) is 26.3. The van der Waals surface area contributed by atoms with Gasteiger partial charge >= 0.3 is 0 Å². The zero-order chi connectivity index (χ0) is 45.0. The van der Waals surface area contributed by atoms with E-state index in [2.05, 4.69) is 253 Å². The molecular weight excluding hydrogens is 830 g/mol. The molecule has 66 heavy (non-hydrogen) atoms. The summed E-state index contributed by atoms with van der Waals surface area (Å²) in [6.07, 6.45) is 0. The lowest BCUT2D eigenvalue weighted by molar-refractivity contribution is 0.590. The quantitative estimate of drug-likeness (QED) is 0.159. The van der Waals surface area contributed by atoms with Crippen molar-refractivity contribution in [2.75, 3.05) is 4.90 Å². The zero-order valence-electron chi connectivity index (χ0n) is 38.6. The fraction of sp³-hybridized carbons (Fsp3) is 0.129. The van der Waals surface area contributed by atoms with Gasteiger partial charge in [-0.25, -0.2) is 0 Å². The molecule has 3 heterocycles. The van der Waals surface area contributed by atoms with Crippen LogP contribution in [0.25, 0.3) is 33.4 Å². The Kier molecular flexibility index (Phi) is 9.44. The number of benzene rings is 9. The highest BCUT2D eigenvalue weighted by Gasteiger charge is 2.51. The van der Waals surface area contributed by atoms with Crippen LogP contribution >= 0.6 is 11.8 Å². The lowest BCUT2D eigenvalue weighted by Gasteiger charge is -2.42. The van der Waals surface area contributed by atoms with Crippen LogP contribution in [0.2, 0.25) is 0 Å². The average molecular weight is 882 g/mol. The Labute approximate surface area is 396 Å². The third-order valence-electron chi connectivity index (χ3n) is 14.5. The molecule has 0 radical (unpaired) electrons. The van der Waals surface area contributed by atoms with E-state index in [1.54, 1.807) is 0 Å². The molecule has 0 aliphatic carbocycles. The molecule has 0 aromatic heterocycles. The molecule has 9 aromatic rings. The van der Waals surface area contributed by atoms with Crippen LogP contribution in [-0.4, -0.2) is 14.8 Å². The van der Waals surface area contributed by atoms with Crippen molar-refractivity contribution in [3.8, 4) is 33.4 Å². The van der Waals surface area contributed by atoms with Gasteiger partial charge in [-0.3, -0.25) is 0 Å². The molecule has 0 unspecified atom stereocenters. The number of anilines is 3. The normalized spacial score (nSPS) is 14.2. The lowest BCUT2D eigenvalue weighted by Crippen LogP contribution is -2.73. The topological polar surface area (TPSA) is 3.24 Å². The fourth-order valence-electron chi connectivity index (χ4n) is 11.3. The van der Waals surface area contributed by atoms with E-state index >= 15 is 0 Å². The van der Waals surface area contributed by atoms with Crippen molar-refractivity contribution in [3.05, 3.63) is 217 Å². The number of nitrogens with zero attached hydrogens (tertiary/aromatic N) is 1. The van der Waals surface area contributed by atoms with E-state index in [4.69, 9.17) is 0 Å². The molecular formula is C62H52BNSSi. The summed E-state index contributed by atoms with van der Waals surface area (Å²) < 4.78 is 0. The third kappa shape index (κ3) is 6.29. The number of hydrogen-bond acceptors (Lipinski definition) is 2. The summed E-state index contributed by atoms with van der Waals surface area (Å²) in [5, 5.41) is 5.74. The average Bonchev–Trinajstić information content (AvgIpc) is 3.63. The molecule has 0 fully saturated rings. The van der Waals surface area contributed by atoms with E-state index in [0.29, 0.717) is 0 Å². The molecule has 0 N–H and O–H groups in total. The largest absolute Gasteiger partial charge is 0.311 e. The van der Waals surface area contributed by atoms with Gasteiger partial charge in [0.1, 0.15) is 0 Å². The van der Waals surface area contributed by atoms with Gasteiger partial charge in [0.25, 0.3) is 0 Å². The van der Waals surface area contributed by atoms with Gasteiger partial charge in [0.05, 0.1) is 5.69 Å². The van der Waals surface area contributed by atoms with Crippen molar-refractivity contribution >= 4 is 80.7 Å². The van der Waals surface area contributed by atoms with E-state index in [0.717, 1.165) is 0 Å². The van der Waals surface area contributed by atoms with E-state index in [9.17, 15) is 0 Å². The lowest BCUT2D eigenvalue weighted by atomic mass is 9.34. The van der Waals surface area contributed by atoms with E-state index in [1.807, 2.05) is 11.8 Å². The van der Waals surface area contributed by atoms with E-state index in [-0.39, 0.29) is 17.5 Å². The summed E-state index contributed by atoms with van der Waals surface area (Å²) in [6.45, 7) is 14.1. The predicted molar refractivity (Wildman–Crippen MR) is 287 cm³/mol. The van der Waals surface area contributed by atoms with Gasteiger partial charge in [-0.2, -0.15) is 0 Å². The van der Waals surface area contributed by atoms with Crippen LogP contribution in [0, 0.1) is 0 Å². The number of hydrogen-bond donors (Lipinski definition) is 0. The zero-order valence-corrected chi connectivity index (χ0v) is 40.4. The minimum absolute atomic E-state index is 0.00364. The van der Waals surface area contributed by atoms with Gasteiger partial charge in [0, 0.05) is 26.7 Å². The third-order valence-corrected chi connectivity index (χ3v) is 20.5. The maximum atomic E-state index is 2.68. The maximum Gasteiger partial charge on any atom is 0.249 e. The van der Waals surface area contributed by atoms with Crippen molar-refractivity contribution in [3.63, 3.8) is 0 Å². The van der Waals surface area contributed by atoms with Gasteiger partial charge in [0.2, 0.25) is 6.71 Å². The molecule has 0 amide bonds. The van der Waals surface area contributed by atoms with E-state index < -0.39 is 8.07 Å². The first-order chi connectivity index (χ1) is 32.0. The van der Waals surface area contributed by atoms with Crippen molar-refractivity contribution < 1.29 is 0 Å². The highest BCUT2D eigenvalue weighted by molar-refractivity contribution is 8.00. The Morgan fingerprint density at radius 2 is 0.970 bits per heavy atom. The first-order valence-electron chi connectivity index (χ1n) is 23.5. The second-order valence-electron chi connectivity index (χ2n) is 20.5. The van der Waals surface area contributed by atoms with E-state index in [1.165, 1.54) is 108 Å². The smallest absolute Gasteiger partial charge is 0.249 e. The molecule has 1 nitrogen and oxygen atoms in total. The van der Waals surface area contributed by atoms with Crippen LogP contribution < -0.4 is 42.0 Å². The standard InChI is InChI=1S/C62H52BNSSi/c1-61(2,3)44-31-33-53(49(37-44)42-23-13-8-14-24-42)64-54-40-59-50(48-29-19-20-30-58(48)66(59,46-25-15-9-16-26-46)47-27-17-10-18-28-47)39-51(54)63-52-38-45(62(4,5)6)32-34-56(52)65-57-36-43(35-55(64)60(57)63)41-21-11-7-12-22-41/h7-40H,1-6H3. The second-order valence-corrected chi connectivity index (χ2v) is 25.3. The summed E-state index contributed by atoms with van der Waals surface area (Å²) in [5.74, 6) is 0. The molecule has 4 heteroatoms. The summed E-state index contributed by atoms with van der Waals surface area (Å²) in [5.41, 5.74) is 18.2. The SMILES string of the molecule is CC(C)(C)c1ccc2c(c1)B1c3cc4c(cc3N(c3ccc(C(C)(C)C)cc3-c3ccccc3)c3cc(-c5ccccc5)cc(c31)S2)[Si](c1ccccc1)(c1ccccc1)c1ccccc1-4. The molecule has 12 rings (SSSR count). The van der Waals surface area contributed by atoms with Gasteiger partial charge < -0.3 is 4.90 Å². The van der Waals surface area contributed by atoms with Crippen LogP contribution in [0.4, 0.5) is 17.1 Å². The first kappa shape index (κ1) is 40.9. The summed E-state index contributed by atoms with van der Waals surface area (Å²) in [4.78, 5) is 5.35. The van der Waals surface area contributed by atoms with Gasteiger partial charge in [-0.05, 0) is 118 Å². The predicted octanol–water partition coefficient (Wildman–Crippen LogP) is 11.7. The summed E-state index contributed by atoms with van der Waals surface area (Å²) in [6, 6.07) is 79.3. The van der Waals surface area contributed by atoms with Crippen LogP contribution in [0.3, 0.4) is 0 Å². The minimum Gasteiger partial charge on any atom is -0.311 e. The molecule has 0 saturated heterocycles. The minimum atomic E-state index is -2.85. The molecule has 0 saturated carbocycles. The summed E-state index contributed by atoms with van der Waals surface area (Å²) in [7, 11) is -2.85. The van der Waals surface area contributed by atoms with Crippen LogP contribution in [0.5, 0.6) is 0 Å². The molecule has 9 aromatic carbocycles. The molecule has 3 aliphatic rings. The van der Waals surface area contributed by atoms with Crippen LogP contribution in [0.15, 0.2) is 216 Å². The Bertz CT molecular complexity index is 3310. The van der Waals surface area contributed by atoms with Crippen molar-refractivity contribution in [1.82, 2.24) is 0 Å². The Hall–Kier alpha value is -6.59. The second kappa shape index (κ2) is 15.2. The van der Waals surface area contributed by atoms with Gasteiger partial charge in [-0.15, -0.1) is 0 Å². The highest BCUT2D eigenvalue weighted by atomic mass is 32.2.